The van der Waals surface area contributed by atoms with Gasteiger partial charge in [-0.15, -0.1) is 0 Å². The van der Waals surface area contributed by atoms with E-state index in [-0.39, 0.29) is 16.8 Å². The molecule has 1 rings (SSSR count). The minimum Gasteiger partial charge on any atom is -0.392 e. The highest BCUT2D eigenvalue weighted by atomic mass is 32.2. The fourth-order valence-corrected chi connectivity index (χ4v) is 2.76. The van der Waals surface area contributed by atoms with Gasteiger partial charge in [-0.2, -0.15) is 11.8 Å². The van der Waals surface area contributed by atoms with Crippen LogP contribution >= 0.6 is 11.8 Å². The Kier molecular flexibility index (Phi) is 5.45. The summed E-state index contributed by atoms with van der Waals surface area (Å²) in [5, 5.41) is 9.19. The summed E-state index contributed by atoms with van der Waals surface area (Å²) in [4.78, 5) is 0.192. The third-order valence-corrected chi connectivity index (χ3v) is 4.75. The summed E-state index contributed by atoms with van der Waals surface area (Å²) in [6.07, 6.45) is 1.94. The number of sulfonamides is 1. The molecule has 0 radical (unpaired) electrons. The van der Waals surface area contributed by atoms with E-state index in [0.29, 0.717) is 12.1 Å². The van der Waals surface area contributed by atoms with Gasteiger partial charge in [0.2, 0.25) is 10.0 Å². The molecule has 1 aromatic rings. The van der Waals surface area contributed by atoms with Gasteiger partial charge in [-0.05, 0) is 24.0 Å². The van der Waals surface area contributed by atoms with Crippen LogP contribution in [0.3, 0.4) is 0 Å². The van der Waals surface area contributed by atoms with Crippen LogP contribution in [0.15, 0.2) is 29.2 Å². The van der Waals surface area contributed by atoms with E-state index in [9.17, 15) is 8.42 Å². The molecule has 0 saturated carbocycles. The number of rotatable bonds is 6. The van der Waals surface area contributed by atoms with Crippen LogP contribution in [0.2, 0.25) is 0 Å². The Balaban J connectivity index is 2.82. The molecule has 17 heavy (non-hydrogen) atoms. The van der Waals surface area contributed by atoms with E-state index in [1.54, 1.807) is 23.9 Å². The molecule has 0 fully saturated rings. The van der Waals surface area contributed by atoms with Crippen LogP contribution in [-0.4, -0.2) is 31.6 Å². The second-order valence-corrected chi connectivity index (χ2v) is 6.75. The lowest BCUT2D eigenvalue weighted by atomic mass is 10.2. The zero-order chi connectivity index (χ0) is 12.9. The summed E-state index contributed by atoms with van der Waals surface area (Å²) in [6, 6.07) is 6.30. The lowest BCUT2D eigenvalue weighted by molar-refractivity contribution is 0.281. The van der Waals surface area contributed by atoms with Gasteiger partial charge in [0.25, 0.3) is 0 Å². The third kappa shape index (κ3) is 4.31. The molecule has 2 N–H and O–H groups in total. The monoisotopic (exact) mass is 275 g/mol. The number of nitrogens with one attached hydrogen (secondary N) is 1. The molecule has 1 atom stereocenters. The van der Waals surface area contributed by atoms with Crippen molar-refractivity contribution in [2.24, 2.45) is 0 Å². The Morgan fingerprint density at radius 1 is 1.47 bits per heavy atom. The predicted octanol–water partition coefficient (Wildman–Crippen LogP) is 1.21. The highest BCUT2D eigenvalue weighted by molar-refractivity contribution is 7.99. The van der Waals surface area contributed by atoms with Crippen molar-refractivity contribution >= 4 is 21.8 Å². The van der Waals surface area contributed by atoms with Crippen molar-refractivity contribution < 1.29 is 13.5 Å². The normalized spacial score (nSPS) is 13.6. The average Bonchev–Trinajstić information content (AvgIpc) is 2.36. The number of benzene rings is 1. The molecule has 0 aliphatic rings. The molecule has 0 aliphatic carbocycles. The number of thioether (sulfide) groups is 1. The van der Waals surface area contributed by atoms with Crippen LogP contribution in [0.4, 0.5) is 0 Å². The Morgan fingerprint density at radius 3 is 2.76 bits per heavy atom. The molecular weight excluding hydrogens is 258 g/mol. The van der Waals surface area contributed by atoms with Gasteiger partial charge >= 0.3 is 0 Å². The van der Waals surface area contributed by atoms with Crippen molar-refractivity contribution in [3.05, 3.63) is 29.8 Å². The van der Waals surface area contributed by atoms with Gasteiger partial charge in [-0.3, -0.25) is 0 Å². The first-order chi connectivity index (χ1) is 7.99. The molecule has 96 valence electrons. The fraction of sp³-hybridized carbons (Fsp3) is 0.455. The van der Waals surface area contributed by atoms with Gasteiger partial charge in [0.15, 0.2) is 0 Å². The second-order valence-electron chi connectivity index (χ2n) is 3.70. The Bertz CT molecular complexity index is 460. The molecule has 6 heteroatoms. The third-order valence-electron chi connectivity index (χ3n) is 2.35. The van der Waals surface area contributed by atoms with E-state index in [2.05, 4.69) is 4.72 Å². The van der Waals surface area contributed by atoms with Gasteiger partial charge < -0.3 is 5.11 Å². The zero-order valence-corrected chi connectivity index (χ0v) is 11.5. The molecule has 0 heterocycles. The summed E-state index contributed by atoms with van der Waals surface area (Å²) >= 11 is 1.60. The minimum atomic E-state index is -3.47. The molecular formula is C11H17NO3S2. The maximum atomic E-state index is 11.9. The quantitative estimate of drug-likeness (QED) is 0.819. The van der Waals surface area contributed by atoms with Crippen LogP contribution < -0.4 is 4.72 Å². The molecule has 0 aliphatic heterocycles. The van der Waals surface area contributed by atoms with Gasteiger partial charge in [-0.25, -0.2) is 13.1 Å². The Morgan fingerprint density at radius 2 is 2.18 bits per heavy atom. The van der Waals surface area contributed by atoms with Gasteiger partial charge in [0.05, 0.1) is 11.5 Å². The predicted molar refractivity (Wildman–Crippen MR) is 70.5 cm³/mol. The van der Waals surface area contributed by atoms with E-state index >= 15 is 0 Å². The lowest BCUT2D eigenvalue weighted by Gasteiger charge is -2.11. The van der Waals surface area contributed by atoms with E-state index in [1.807, 2.05) is 13.2 Å². The van der Waals surface area contributed by atoms with Crippen LogP contribution in [0.1, 0.15) is 12.5 Å². The summed E-state index contributed by atoms with van der Waals surface area (Å²) in [6.45, 7) is 2.19. The van der Waals surface area contributed by atoms with Crippen LogP contribution in [0.5, 0.6) is 0 Å². The standard InChI is InChI=1S/C11H17NO3S2/c1-9(16-2)7-12-17(14,15)11-5-3-4-10(6-11)8-13/h3-6,9,12-13H,7-8H2,1-2H3. The molecule has 4 nitrogen and oxygen atoms in total. The van der Waals surface area contributed by atoms with E-state index < -0.39 is 10.0 Å². The van der Waals surface area contributed by atoms with E-state index in [0.717, 1.165) is 0 Å². The largest absolute Gasteiger partial charge is 0.392 e. The molecule has 0 spiro atoms. The SMILES string of the molecule is CSC(C)CNS(=O)(=O)c1cccc(CO)c1. The van der Waals surface area contributed by atoms with Crippen molar-refractivity contribution in [3.8, 4) is 0 Å². The molecule has 0 amide bonds. The smallest absolute Gasteiger partial charge is 0.240 e. The summed E-state index contributed by atoms with van der Waals surface area (Å²) in [7, 11) is -3.47. The van der Waals surface area contributed by atoms with E-state index in [1.165, 1.54) is 12.1 Å². The number of aliphatic hydroxyl groups excluding tert-OH is 1. The van der Waals surface area contributed by atoms with Gasteiger partial charge in [0, 0.05) is 11.8 Å². The van der Waals surface area contributed by atoms with Crippen molar-refractivity contribution in [3.63, 3.8) is 0 Å². The van der Waals surface area contributed by atoms with Crippen molar-refractivity contribution in [1.82, 2.24) is 4.72 Å². The molecule has 0 aromatic heterocycles. The number of hydrogen-bond acceptors (Lipinski definition) is 4. The summed E-state index contributed by atoms with van der Waals surface area (Å²) in [5.41, 5.74) is 0.589. The first-order valence-corrected chi connectivity index (χ1v) is 7.99. The Labute approximate surface area is 106 Å². The lowest BCUT2D eigenvalue weighted by Crippen LogP contribution is -2.29. The first-order valence-electron chi connectivity index (χ1n) is 5.22. The second kappa shape index (κ2) is 6.39. The number of hydrogen-bond donors (Lipinski definition) is 2. The molecule has 1 unspecified atom stereocenters. The maximum absolute atomic E-state index is 11.9. The summed E-state index contributed by atoms with van der Waals surface area (Å²) in [5.74, 6) is 0. The van der Waals surface area contributed by atoms with E-state index in [4.69, 9.17) is 5.11 Å². The van der Waals surface area contributed by atoms with Crippen molar-refractivity contribution in [2.75, 3.05) is 12.8 Å². The Hall–Kier alpha value is -0.560. The summed E-state index contributed by atoms with van der Waals surface area (Å²) < 4.78 is 26.4. The molecule has 0 bridgehead atoms. The first kappa shape index (κ1) is 14.5. The molecule has 0 saturated heterocycles. The zero-order valence-electron chi connectivity index (χ0n) is 9.88. The van der Waals surface area contributed by atoms with Crippen LogP contribution in [0.25, 0.3) is 0 Å². The average molecular weight is 275 g/mol. The minimum absolute atomic E-state index is 0.162. The van der Waals surface area contributed by atoms with Crippen molar-refractivity contribution in [1.29, 1.82) is 0 Å². The highest BCUT2D eigenvalue weighted by Crippen LogP contribution is 2.12. The maximum Gasteiger partial charge on any atom is 0.240 e. The fourth-order valence-electron chi connectivity index (χ4n) is 1.20. The van der Waals surface area contributed by atoms with Crippen LogP contribution in [0, 0.1) is 0 Å². The molecule has 1 aromatic carbocycles. The highest BCUT2D eigenvalue weighted by Gasteiger charge is 2.14. The van der Waals surface area contributed by atoms with Crippen molar-refractivity contribution in [2.45, 2.75) is 23.7 Å². The van der Waals surface area contributed by atoms with Gasteiger partial charge in [-0.1, -0.05) is 19.1 Å². The number of aliphatic hydroxyl groups is 1. The topological polar surface area (TPSA) is 66.4 Å². The van der Waals surface area contributed by atoms with Crippen LogP contribution in [-0.2, 0) is 16.6 Å². The van der Waals surface area contributed by atoms with Gasteiger partial charge in [0.1, 0.15) is 0 Å².